The first-order valence-electron chi connectivity index (χ1n) is 7.74. The number of rotatable bonds is 4. The molecule has 1 heterocycles. The summed E-state index contributed by atoms with van der Waals surface area (Å²) in [6, 6.07) is 16.2. The van der Waals surface area contributed by atoms with Crippen LogP contribution in [0.5, 0.6) is 5.75 Å². The average molecular weight is 292 g/mol. The predicted molar refractivity (Wildman–Crippen MR) is 88.4 cm³/mol. The van der Waals surface area contributed by atoms with Gasteiger partial charge in [-0.15, -0.1) is 0 Å². The topological polar surface area (TPSA) is 36.3 Å². The highest BCUT2D eigenvalue weighted by atomic mass is 16.5. The van der Waals surface area contributed by atoms with Crippen LogP contribution in [0.15, 0.2) is 42.5 Å². The molecule has 0 radical (unpaired) electrons. The number of fused-ring (bicyclic) bond motifs is 1. The zero-order chi connectivity index (χ0) is 15.4. The molecule has 0 saturated carbocycles. The summed E-state index contributed by atoms with van der Waals surface area (Å²) in [7, 11) is 0. The molecule has 2 aromatic carbocycles. The van der Waals surface area contributed by atoms with Crippen LogP contribution in [-0.4, -0.2) is 19.7 Å². The van der Waals surface area contributed by atoms with Gasteiger partial charge in [-0.2, -0.15) is 5.26 Å². The number of hydrogen-bond donors (Lipinski definition) is 0. The van der Waals surface area contributed by atoms with Crippen LogP contribution in [0.25, 0.3) is 0 Å². The van der Waals surface area contributed by atoms with Crippen molar-refractivity contribution in [2.45, 2.75) is 19.8 Å². The van der Waals surface area contributed by atoms with Crippen molar-refractivity contribution < 1.29 is 4.74 Å². The van der Waals surface area contributed by atoms with Crippen LogP contribution in [0.4, 0.5) is 5.69 Å². The molecule has 3 nitrogen and oxygen atoms in total. The molecule has 112 valence electrons. The molecule has 0 saturated heterocycles. The van der Waals surface area contributed by atoms with E-state index in [0.29, 0.717) is 17.9 Å². The number of nitrogens with zero attached hydrogens (tertiary/aromatic N) is 2. The minimum Gasteiger partial charge on any atom is -0.490 e. The average Bonchev–Trinajstić information content (AvgIpc) is 2.55. The van der Waals surface area contributed by atoms with Gasteiger partial charge in [0.2, 0.25) is 0 Å². The Bertz CT molecular complexity index is 703. The van der Waals surface area contributed by atoms with Crippen molar-refractivity contribution in [3.05, 3.63) is 59.2 Å². The summed E-state index contributed by atoms with van der Waals surface area (Å²) in [4.78, 5) is 2.38. The van der Waals surface area contributed by atoms with Crippen LogP contribution in [0.2, 0.25) is 0 Å². The highest BCUT2D eigenvalue weighted by molar-refractivity contribution is 5.56. The van der Waals surface area contributed by atoms with Crippen molar-refractivity contribution in [2.24, 2.45) is 0 Å². The molecule has 22 heavy (non-hydrogen) atoms. The van der Waals surface area contributed by atoms with Gasteiger partial charge in [-0.05, 0) is 43.5 Å². The van der Waals surface area contributed by atoms with E-state index in [-0.39, 0.29) is 0 Å². The molecule has 0 aromatic heterocycles. The summed E-state index contributed by atoms with van der Waals surface area (Å²) in [5.41, 5.74) is 4.68. The van der Waals surface area contributed by atoms with Gasteiger partial charge in [0, 0.05) is 12.2 Å². The largest absolute Gasteiger partial charge is 0.490 e. The summed E-state index contributed by atoms with van der Waals surface area (Å²) in [5.74, 6) is 0.672. The van der Waals surface area contributed by atoms with Crippen LogP contribution >= 0.6 is 0 Å². The molecular formula is C19H20N2O. The number of ether oxygens (including phenoxy) is 1. The molecule has 0 amide bonds. The van der Waals surface area contributed by atoms with Gasteiger partial charge in [0.25, 0.3) is 0 Å². The second kappa shape index (κ2) is 6.53. The van der Waals surface area contributed by atoms with E-state index in [1.807, 2.05) is 18.2 Å². The standard InChI is InChI=1S/C19H20N2O/c1-15-8-9-18-16(13-15)6-4-10-21(18)11-12-22-19-7-3-2-5-17(19)14-20/h2-3,5,7-9,13H,4,6,10-12H2,1H3. The first-order chi connectivity index (χ1) is 10.8. The normalized spacial score (nSPS) is 13.4. The lowest BCUT2D eigenvalue weighted by Crippen LogP contribution is -2.33. The molecule has 0 spiro atoms. The smallest absolute Gasteiger partial charge is 0.137 e. The van der Waals surface area contributed by atoms with E-state index in [1.54, 1.807) is 6.07 Å². The van der Waals surface area contributed by atoms with E-state index in [0.717, 1.165) is 19.5 Å². The van der Waals surface area contributed by atoms with Gasteiger partial charge in [-0.3, -0.25) is 0 Å². The van der Waals surface area contributed by atoms with Crippen LogP contribution in [-0.2, 0) is 6.42 Å². The number of hydrogen-bond acceptors (Lipinski definition) is 3. The Hall–Kier alpha value is -2.47. The fourth-order valence-electron chi connectivity index (χ4n) is 2.99. The summed E-state index contributed by atoms with van der Waals surface area (Å²) >= 11 is 0. The van der Waals surface area contributed by atoms with E-state index < -0.39 is 0 Å². The Balaban J connectivity index is 1.65. The second-order valence-electron chi connectivity index (χ2n) is 5.68. The van der Waals surface area contributed by atoms with E-state index >= 15 is 0 Å². The number of nitriles is 1. The predicted octanol–water partition coefficient (Wildman–Crippen LogP) is 3.70. The van der Waals surface area contributed by atoms with Crippen LogP contribution < -0.4 is 9.64 Å². The maximum atomic E-state index is 9.08. The molecule has 1 aliphatic rings. The van der Waals surface area contributed by atoms with Gasteiger partial charge in [0.15, 0.2) is 0 Å². The van der Waals surface area contributed by atoms with Gasteiger partial charge in [0.1, 0.15) is 18.4 Å². The molecule has 0 atom stereocenters. The fraction of sp³-hybridized carbons (Fsp3) is 0.316. The highest BCUT2D eigenvalue weighted by Crippen LogP contribution is 2.27. The zero-order valence-corrected chi connectivity index (χ0v) is 12.9. The lowest BCUT2D eigenvalue weighted by Gasteiger charge is -2.31. The number of para-hydroxylation sites is 1. The molecule has 0 bridgehead atoms. The monoisotopic (exact) mass is 292 g/mol. The Morgan fingerprint density at radius 1 is 1.23 bits per heavy atom. The molecule has 3 rings (SSSR count). The van der Waals surface area contributed by atoms with Gasteiger partial charge >= 0.3 is 0 Å². The van der Waals surface area contributed by atoms with Crippen molar-refractivity contribution in [1.29, 1.82) is 5.26 Å². The Morgan fingerprint density at radius 2 is 2.09 bits per heavy atom. The van der Waals surface area contributed by atoms with Crippen LogP contribution in [0.3, 0.4) is 0 Å². The number of anilines is 1. The first-order valence-corrected chi connectivity index (χ1v) is 7.74. The molecule has 0 aliphatic carbocycles. The van der Waals surface area contributed by atoms with Gasteiger partial charge in [-0.25, -0.2) is 0 Å². The van der Waals surface area contributed by atoms with Crippen LogP contribution in [0, 0.1) is 18.3 Å². The lowest BCUT2D eigenvalue weighted by molar-refractivity contribution is 0.321. The van der Waals surface area contributed by atoms with Crippen molar-refractivity contribution in [3.8, 4) is 11.8 Å². The minimum atomic E-state index is 0.589. The second-order valence-corrected chi connectivity index (χ2v) is 5.68. The van der Waals surface area contributed by atoms with Crippen molar-refractivity contribution in [1.82, 2.24) is 0 Å². The van der Waals surface area contributed by atoms with Crippen molar-refractivity contribution in [2.75, 3.05) is 24.6 Å². The summed E-state index contributed by atoms with van der Waals surface area (Å²) < 4.78 is 5.81. The van der Waals surface area contributed by atoms with E-state index in [1.165, 1.54) is 23.2 Å². The van der Waals surface area contributed by atoms with E-state index in [9.17, 15) is 0 Å². The van der Waals surface area contributed by atoms with Gasteiger partial charge in [0.05, 0.1) is 12.1 Å². The fourth-order valence-corrected chi connectivity index (χ4v) is 2.99. The molecule has 1 aliphatic heterocycles. The molecule has 2 aromatic rings. The molecule has 3 heteroatoms. The maximum Gasteiger partial charge on any atom is 0.137 e. The molecular weight excluding hydrogens is 272 g/mol. The van der Waals surface area contributed by atoms with E-state index in [4.69, 9.17) is 10.00 Å². The number of aryl methyl sites for hydroxylation is 2. The molecule has 0 unspecified atom stereocenters. The van der Waals surface area contributed by atoms with Crippen molar-refractivity contribution >= 4 is 5.69 Å². The Labute approximate surface area is 131 Å². The van der Waals surface area contributed by atoms with E-state index in [2.05, 4.69) is 36.1 Å². The Kier molecular flexibility index (Phi) is 4.29. The highest BCUT2D eigenvalue weighted by Gasteiger charge is 2.16. The Morgan fingerprint density at radius 3 is 2.95 bits per heavy atom. The lowest BCUT2D eigenvalue weighted by atomic mass is 10.00. The zero-order valence-electron chi connectivity index (χ0n) is 12.9. The quantitative estimate of drug-likeness (QED) is 0.862. The van der Waals surface area contributed by atoms with Crippen LogP contribution in [0.1, 0.15) is 23.1 Å². The van der Waals surface area contributed by atoms with Crippen molar-refractivity contribution in [3.63, 3.8) is 0 Å². The third kappa shape index (κ3) is 3.07. The third-order valence-corrected chi connectivity index (χ3v) is 4.08. The third-order valence-electron chi connectivity index (χ3n) is 4.08. The summed E-state index contributed by atoms with van der Waals surface area (Å²) in [6.45, 7) is 4.64. The number of benzene rings is 2. The molecule has 0 fully saturated rings. The first kappa shape index (κ1) is 14.5. The maximum absolute atomic E-state index is 9.08. The van der Waals surface area contributed by atoms with Gasteiger partial charge < -0.3 is 9.64 Å². The summed E-state index contributed by atoms with van der Waals surface area (Å²) in [5, 5.41) is 9.08. The SMILES string of the molecule is Cc1ccc2c(c1)CCCN2CCOc1ccccc1C#N. The minimum absolute atomic E-state index is 0.589. The summed E-state index contributed by atoms with van der Waals surface area (Å²) in [6.07, 6.45) is 2.34. The van der Waals surface area contributed by atoms with Gasteiger partial charge in [-0.1, -0.05) is 29.8 Å². The molecule has 0 N–H and O–H groups in total.